The minimum atomic E-state index is -0.426. The van der Waals surface area contributed by atoms with E-state index >= 15 is 0 Å². The topological polar surface area (TPSA) is 41.6 Å². The molecule has 0 aliphatic carbocycles. The highest BCUT2D eigenvalue weighted by molar-refractivity contribution is 7.10. The molecule has 5 heteroatoms. The number of fused-ring (bicyclic) bond motifs is 2. The molecule has 3 rings (SSSR count). The third-order valence-electron chi connectivity index (χ3n) is 4.50. The summed E-state index contributed by atoms with van der Waals surface area (Å²) in [6, 6.07) is 2.76. The number of carbonyl (C=O) groups is 1. The molecule has 3 heterocycles. The predicted octanol–water partition coefficient (Wildman–Crippen LogP) is 3.51. The largest absolute Gasteiger partial charge is 0.444 e. The number of piperidine rings is 1. The average Bonchev–Trinajstić information content (AvgIpc) is 2.86. The molecule has 1 atom stereocenters. The highest BCUT2D eigenvalue weighted by Gasteiger charge is 2.43. The van der Waals surface area contributed by atoms with E-state index in [-0.39, 0.29) is 11.6 Å². The molecule has 1 amide bonds. The molecule has 0 saturated carbocycles. The Balaban J connectivity index is 1.71. The Morgan fingerprint density at radius 1 is 1.41 bits per heavy atom. The van der Waals surface area contributed by atoms with Gasteiger partial charge in [0.2, 0.25) is 0 Å². The van der Waals surface area contributed by atoms with E-state index in [2.05, 4.69) is 23.7 Å². The number of ether oxygens (including phenoxy) is 1. The number of nitrogens with zero attached hydrogens (tertiary/aromatic N) is 1. The molecule has 22 heavy (non-hydrogen) atoms. The summed E-state index contributed by atoms with van der Waals surface area (Å²) in [7, 11) is 0. The Hall–Kier alpha value is -1.07. The van der Waals surface area contributed by atoms with Crippen LogP contribution in [-0.4, -0.2) is 35.7 Å². The predicted molar refractivity (Wildman–Crippen MR) is 89.3 cm³/mol. The molecule has 0 aromatic carbocycles. The van der Waals surface area contributed by atoms with Crippen LogP contribution in [-0.2, 0) is 16.7 Å². The molecular weight excluding hydrogens is 296 g/mol. The Kier molecular flexibility index (Phi) is 3.98. The van der Waals surface area contributed by atoms with Crippen LogP contribution in [0.3, 0.4) is 0 Å². The maximum atomic E-state index is 12.2. The molecule has 0 unspecified atom stereocenters. The molecule has 1 fully saturated rings. The van der Waals surface area contributed by atoms with Gasteiger partial charge in [0.1, 0.15) is 5.60 Å². The molecule has 2 aliphatic heterocycles. The molecule has 0 bridgehead atoms. The van der Waals surface area contributed by atoms with Crippen molar-refractivity contribution in [2.45, 2.75) is 64.1 Å². The Bertz CT molecular complexity index is 553. The Morgan fingerprint density at radius 2 is 2.09 bits per heavy atom. The van der Waals surface area contributed by atoms with Gasteiger partial charge in [0.15, 0.2) is 0 Å². The van der Waals surface area contributed by atoms with Crippen LogP contribution in [0.15, 0.2) is 11.4 Å². The van der Waals surface area contributed by atoms with Crippen LogP contribution in [0, 0.1) is 0 Å². The van der Waals surface area contributed by atoms with Gasteiger partial charge in [0.05, 0.1) is 5.54 Å². The number of carbonyl (C=O) groups excluding carboxylic acids is 1. The number of rotatable bonds is 0. The van der Waals surface area contributed by atoms with Gasteiger partial charge >= 0.3 is 6.09 Å². The zero-order chi connectivity index (χ0) is 16.0. The first-order valence-electron chi connectivity index (χ1n) is 8.12. The zero-order valence-corrected chi connectivity index (χ0v) is 14.8. The molecule has 1 aromatic heterocycles. The lowest BCUT2D eigenvalue weighted by molar-refractivity contribution is 0.0133. The van der Waals surface area contributed by atoms with Crippen LogP contribution in [0.4, 0.5) is 4.79 Å². The summed E-state index contributed by atoms with van der Waals surface area (Å²) in [5.41, 5.74) is 1.12. The van der Waals surface area contributed by atoms with Crippen molar-refractivity contribution in [3.63, 3.8) is 0 Å². The average molecular weight is 322 g/mol. The second kappa shape index (κ2) is 5.53. The third-order valence-corrected chi connectivity index (χ3v) is 5.66. The maximum absolute atomic E-state index is 12.2. The van der Waals surface area contributed by atoms with Crippen molar-refractivity contribution in [3.8, 4) is 0 Å². The van der Waals surface area contributed by atoms with Crippen LogP contribution in [0.2, 0.25) is 0 Å². The first-order valence-corrected chi connectivity index (χ1v) is 8.99. The zero-order valence-electron chi connectivity index (χ0n) is 13.9. The lowest BCUT2D eigenvalue weighted by atomic mass is 9.79. The molecule has 0 radical (unpaired) electrons. The summed E-state index contributed by atoms with van der Waals surface area (Å²) >= 11 is 1.86. The molecule has 2 aliphatic rings. The van der Waals surface area contributed by atoms with E-state index < -0.39 is 5.60 Å². The quantitative estimate of drug-likeness (QED) is 0.795. The van der Waals surface area contributed by atoms with E-state index in [1.165, 1.54) is 10.4 Å². The summed E-state index contributed by atoms with van der Waals surface area (Å²) in [6.45, 7) is 9.51. The fraction of sp³-hybridized carbons (Fsp3) is 0.706. The highest BCUT2D eigenvalue weighted by Crippen LogP contribution is 2.42. The molecule has 4 nitrogen and oxygen atoms in total. The minimum Gasteiger partial charge on any atom is -0.444 e. The van der Waals surface area contributed by atoms with E-state index in [1.54, 1.807) is 0 Å². The van der Waals surface area contributed by atoms with Crippen LogP contribution in [0.5, 0.6) is 0 Å². The smallest absolute Gasteiger partial charge is 0.410 e. The summed E-state index contributed by atoms with van der Waals surface area (Å²) in [4.78, 5) is 15.6. The molecule has 1 spiro atoms. The lowest BCUT2D eigenvalue weighted by Gasteiger charge is -2.46. The normalized spacial score (nSPS) is 24.2. The SMILES string of the molecule is C[C@@H]1Cc2ccsc2C2(CCN(C(=O)OC(C)(C)C)CC2)N1. The van der Waals surface area contributed by atoms with Gasteiger partial charge in [-0.25, -0.2) is 4.79 Å². The number of likely N-dealkylation sites (tertiary alicyclic amines) is 1. The van der Waals surface area contributed by atoms with Gasteiger partial charge in [-0.15, -0.1) is 11.3 Å². The minimum absolute atomic E-state index is 0.0552. The third kappa shape index (κ3) is 3.01. The van der Waals surface area contributed by atoms with E-state index in [1.807, 2.05) is 37.0 Å². The van der Waals surface area contributed by atoms with Gasteiger partial charge in [0.25, 0.3) is 0 Å². The number of thiophene rings is 1. The van der Waals surface area contributed by atoms with Crippen LogP contribution in [0.25, 0.3) is 0 Å². The first kappa shape index (κ1) is 15.8. The summed E-state index contributed by atoms with van der Waals surface area (Å²) < 4.78 is 5.50. The van der Waals surface area contributed by atoms with Crippen molar-refractivity contribution in [2.75, 3.05) is 13.1 Å². The number of nitrogens with one attached hydrogen (secondary N) is 1. The van der Waals surface area contributed by atoms with Gasteiger partial charge in [-0.2, -0.15) is 0 Å². The van der Waals surface area contributed by atoms with Gasteiger partial charge in [0, 0.05) is 24.0 Å². The molecular formula is C17H26N2O2S. The second-order valence-corrected chi connectivity index (χ2v) is 8.49. The van der Waals surface area contributed by atoms with Crippen LogP contribution >= 0.6 is 11.3 Å². The van der Waals surface area contributed by atoms with E-state index in [9.17, 15) is 4.79 Å². The van der Waals surface area contributed by atoms with Crippen LogP contribution in [0.1, 0.15) is 51.0 Å². The van der Waals surface area contributed by atoms with Crippen molar-refractivity contribution in [1.82, 2.24) is 10.2 Å². The summed E-state index contributed by atoms with van der Waals surface area (Å²) in [5, 5.41) is 6.01. The molecule has 122 valence electrons. The van der Waals surface area contributed by atoms with Crippen molar-refractivity contribution in [1.29, 1.82) is 0 Å². The van der Waals surface area contributed by atoms with E-state index in [0.717, 1.165) is 32.4 Å². The van der Waals surface area contributed by atoms with E-state index in [0.29, 0.717) is 6.04 Å². The van der Waals surface area contributed by atoms with Crippen molar-refractivity contribution >= 4 is 17.4 Å². The standard InChI is InChI=1S/C17H26N2O2S/c1-12-11-13-5-10-22-14(13)17(18-12)6-8-19(9-7-17)15(20)21-16(2,3)4/h5,10,12,18H,6-9,11H2,1-4H3/t12-/m1/s1. The monoisotopic (exact) mass is 322 g/mol. The van der Waals surface area contributed by atoms with Gasteiger partial charge in [-0.05, 0) is 64.0 Å². The van der Waals surface area contributed by atoms with Gasteiger partial charge in [-0.3, -0.25) is 0 Å². The Morgan fingerprint density at radius 3 is 2.73 bits per heavy atom. The summed E-state index contributed by atoms with van der Waals surface area (Å²) in [6.07, 6.45) is 2.85. The lowest BCUT2D eigenvalue weighted by Crippen LogP contribution is -2.57. The first-order chi connectivity index (χ1) is 10.3. The molecule has 1 saturated heterocycles. The fourth-order valence-electron chi connectivity index (χ4n) is 3.60. The fourth-order valence-corrected chi connectivity index (χ4v) is 4.76. The number of hydrogen-bond donors (Lipinski definition) is 1. The molecule has 1 aromatic rings. The van der Waals surface area contributed by atoms with Gasteiger partial charge in [-0.1, -0.05) is 0 Å². The number of amides is 1. The van der Waals surface area contributed by atoms with Crippen molar-refractivity contribution in [2.24, 2.45) is 0 Å². The number of hydrogen-bond acceptors (Lipinski definition) is 4. The highest BCUT2D eigenvalue weighted by atomic mass is 32.1. The maximum Gasteiger partial charge on any atom is 0.410 e. The van der Waals surface area contributed by atoms with E-state index in [4.69, 9.17) is 4.74 Å². The summed E-state index contributed by atoms with van der Waals surface area (Å²) in [5.74, 6) is 0. The van der Waals surface area contributed by atoms with Crippen molar-refractivity contribution < 1.29 is 9.53 Å². The molecule has 1 N–H and O–H groups in total. The Labute approximate surface area is 136 Å². The van der Waals surface area contributed by atoms with Crippen LogP contribution < -0.4 is 5.32 Å². The van der Waals surface area contributed by atoms with Crippen molar-refractivity contribution in [3.05, 3.63) is 21.9 Å². The second-order valence-electron chi connectivity index (χ2n) is 7.57. The van der Waals surface area contributed by atoms with Gasteiger partial charge < -0.3 is 15.0 Å².